The average Bonchev–Trinajstić information content (AvgIpc) is 2.28. The number of hydrogen-bond donors (Lipinski definition) is 1. The zero-order valence-electron chi connectivity index (χ0n) is 10.3. The molecule has 17 heavy (non-hydrogen) atoms. The van der Waals surface area contributed by atoms with Gasteiger partial charge < -0.3 is 9.84 Å². The highest BCUT2D eigenvalue weighted by Gasteiger charge is 2.41. The first-order valence-electron chi connectivity index (χ1n) is 5.94. The Hall–Kier alpha value is -1.35. The standard InChI is InChI=1S/C14H18O3/c1-10-7-11(2)9-12(8-10)14(13(15)16)3-5-17-6-4-14/h7-9H,3-6H2,1-2H3,(H,15,16). The van der Waals surface area contributed by atoms with Crippen LogP contribution in [0.3, 0.4) is 0 Å². The fourth-order valence-corrected chi connectivity index (χ4v) is 2.60. The van der Waals surface area contributed by atoms with Crippen LogP contribution in [0.4, 0.5) is 0 Å². The van der Waals surface area contributed by atoms with Crippen LogP contribution < -0.4 is 0 Å². The van der Waals surface area contributed by atoms with Crippen LogP contribution >= 0.6 is 0 Å². The molecule has 2 rings (SSSR count). The van der Waals surface area contributed by atoms with Gasteiger partial charge in [-0.2, -0.15) is 0 Å². The van der Waals surface area contributed by atoms with E-state index in [0.29, 0.717) is 26.1 Å². The lowest BCUT2D eigenvalue weighted by Crippen LogP contribution is -2.41. The lowest BCUT2D eigenvalue weighted by atomic mass is 9.73. The van der Waals surface area contributed by atoms with Gasteiger partial charge in [0.25, 0.3) is 0 Å². The van der Waals surface area contributed by atoms with Gasteiger partial charge in [0.2, 0.25) is 0 Å². The summed E-state index contributed by atoms with van der Waals surface area (Å²) < 4.78 is 5.29. The van der Waals surface area contributed by atoms with Crippen LogP contribution in [-0.4, -0.2) is 24.3 Å². The maximum absolute atomic E-state index is 11.6. The SMILES string of the molecule is Cc1cc(C)cc(C2(C(=O)O)CCOCC2)c1. The van der Waals surface area contributed by atoms with Crippen molar-refractivity contribution in [2.75, 3.05) is 13.2 Å². The normalized spacial score (nSPS) is 18.9. The van der Waals surface area contributed by atoms with Crippen LogP contribution in [0, 0.1) is 13.8 Å². The Bertz CT molecular complexity index is 411. The summed E-state index contributed by atoms with van der Waals surface area (Å²) in [6.45, 7) is 5.06. The summed E-state index contributed by atoms with van der Waals surface area (Å²) in [5.74, 6) is -0.731. The van der Waals surface area contributed by atoms with Gasteiger partial charge in [-0.25, -0.2) is 0 Å². The summed E-state index contributed by atoms with van der Waals surface area (Å²) in [6.07, 6.45) is 1.12. The second-order valence-corrected chi connectivity index (χ2v) is 4.88. The van der Waals surface area contributed by atoms with Gasteiger partial charge >= 0.3 is 5.97 Å². The topological polar surface area (TPSA) is 46.5 Å². The van der Waals surface area contributed by atoms with Crippen LogP contribution in [-0.2, 0) is 14.9 Å². The number of ether oxygens (including phenoxy) is 1. The zero-order chi connectivity index (χ0) is 12.5. The van der Waals surface area contributed by atoms with E-state index in [1.807, 2.05) is 26.0 Å². The van der Waals surface area contributed by atoms with Crippen LogP contribution in [0.5, 0.6) is 0 Å². The molecule has 1 N–H and O–H groups in total. The summed E-state index contributed by atoms with van der Waals surface area (Å²) in [5.41, 5.74) is 2.40. The van der Waals surface area contributed by atoms with Crippen LogP contribution in [0.25, 0.3) is 0 Å². The van der Waals surface area contributed by atoms with Crippen molar-refractivity contribution in [2.24, 2.45) is 0 Å². The molecule has 0 spiro atoms. The second-order valence-electron chi connectivity index (χ2n) is 4.88. The molecule has 3 nitrogen and oxygen atoms in total. The first kappa shape index (κ1) is 12.1. The van der Waals surface area contributed by atoms with Gasteiger partial charge in [0, 0.05) is 13.2 Å². The highest BCUT2D eigenvalue weighted by Crippen LogP contribution is 2.36. The first-order valence-corrected chi connectivity index (χ1v) is 5.94. The van der Waals surface area contributed by atoms with Gasteiger partial charge in [0.15, 0.2) is 0 Å². The average molecular weight is 234 g/mol. The predicted molar refractivity (Wildman–Crippen MR) is 65.3 cm³/mol. The maximum atomic E-state index is 11.6. The van der Waals surface area contributed by atoms with E-state index in [1.54, 1.807) is 0 Å². The van der Waals surface area contributed by atoms with Crippen molar-refractivity contribution in [3.8, 4) is 0 Å². The third kappa shape index (κ3) is 2.20. The van der Waals surface area contributed by atoms with Crippen LogP contribution in [0.2, 0.25) is 0 Å². The lowest BCUT2D eigenvalue weighted by Gasteiger charge is -2.34. The van der Waals surface area contributed by atoms with Crippen molar-refractivity contribution in [3.63, 3.8) is 0 Å². The molecule has 0 aromatic heterocycles. The molecule has 1 aromatic rings. The molecule has 92 valence electrons. The fraction of sp³-hybridized carbons (Fsp3) is 0.500. The Kier molecular flexibility index (Phi) is 3.20. The molecule has 1 saturated heterocycles. The molecule has 1 fully saturated rings. The summed E-state index contributed by atoms with van der Waals surface area (Å²) in [7, 11) is 0. The third-order valence-corrected chi connectivity index (χ3v) is 3.53. The van der Waals surface area contributed by atoms with E-state index in [0.717, 1.165) is 16.7 Å². The molecular weight excluding hydrogens is 216 g/mol. The molecule has 1 aliphatic rings. The molecule has 1 aromatic carbocycles. The molecular formula is C14H18O3. The highest BCUT2D eigenvalue weighted by atomic mass is 16.5. The summed E-state index contributed by atoms with van der Waals surface area (Å²) in [5, 5.41) is 9.57. The van der Waals surface area contributed by atoms with Gasteiger partial charge in [-0.05, 0) is 32.3 Å². The van der Waals surface area contributed by atoms with Gasteiger partial charge in [0.05, 0.1) is 5.41 Å². The molecule has 0 aliphatic carbocycles. The molecule has 0 atom stereocenters. The van der Waals surface area contributed by atoms with Crippen molar-refractivity contribution in [3.05, 3.63) is 34.9 Å². The second kappa shape index (κ2) is 4.49. The molecule has 1 aliphatic heterocycles. The van der Waals surface area contributed by atoms with Gasteiger partial charge in [-0.15, -0.1) is 0 Å². The molecule has 0 saturated carbocycles. The van der Waals surface area contributed by atoms with Crippen molar-refractivity contribution in [2.45, 2.75) is 32.1 Å². The molecule has 3 heteroatoms. The number of benzene rings is 1. The van der Waals surface area contributed by atoms with E-state index >= 15 is 0 Å². The monoisotopic (exact) mass is 234 g/mol. The summed E-state index contributed by atoms with van der Waals surface area (Å²) in [4.78, 5) is 11.6. The number of hydrogen-bond acceptors (Lipinski definition) is 2. The number of carbonyl (C=O) groups is 1. The van der Waals surface area contributed by atoms with E-state index in [-0.39, 0.29) is 0 Å². The van der Waals surface area contributed by atoms with Crippen LogP contribution in [0.1, 0.15) is 29.5 Å². The molecule has 1 heterocycles. The molecule has 0 radical (unpaired) electrons. The Labute approximate surface area is 101 Å². The Balaban J connectivity index is 2.48. The minimum atomic E-state index is -0.755. The molecule has 0 bridgehead atoms. The van der Waals surface area contributed by atoms with Crippen LogP contribution in [0.15, 0.2) is 18.2 Å². The number of carboxylic acids is 1. The largest absolute Gasteiger partial charge is 0.481 e. The minimum absolute atomic E-state index is 0.527. The van der Waals surface area contributed by atoms with Crippen molar-refractivity contribution in [1.82, 2.24) is 0 Å². The first-order chi connectivity index (χ1) is 8.04. The zero-order valence-corrected chi connectivity index (χ0v) is 10.3. The van der Waals surface area contributed by atoms with Crippen molar-refractivity contribution < 1.29 is 14.6 Å². The highest BCUT2D eigenvalue weighted by molar-refractivity contribution is 5.81. The number of carboxylic acid groups (broad SMARTS) is 1. The number of aryl methyl sites for hydroxylation is 2. The van der Waals surface area contributed by atoms with Crippen molar-refractivity contribution >= 4 is 5.97 Å². The fourth-order valence-electron chi connectivity index (χ4n) is 2.60. The smallest absolute Gasteiger partial charge is 0.314 e. The number of aliphatic carboxylic acids is 1. The van der Waals surface area contributed by atoms with E-state index < -0.39 is 11.4 Å². The molecule has 0 amide bonds. The van der Waals surface area contributed by atoms with Gasteiger partial charge in [0.1, 0.15) is 0 Å². The summed E-state index contributed by atoms with van der Waals surface area (Å²) in [6, 6.07) is 6.05. The maximum Gasteiger partial charge on any atom is 0.314 e. The minimum Gasteiger partial charge on any atom is -0.481 e. The Morgan fingerprint density at radius 2 is 1.71 bits per heavy atom. The quantitative estimate of drug-likeness (QED) is 0.855. The molecule has 0 unspecified atom stereocenters. The summed E-state index contributed by atoms with van der Waals surface area (Å²) >= 11 is 0. The van der Waals surface area contributed by atoms with Gasteiger partial charge in [-0.1, -0.05) is 29.3 Å². The van der Waals surface area contributed by atoms with E-state index in [4.69, 9.17) is 4.74 Å². The van der Waals surface area contributed by atoms with E-state index in [9.17, 15) is 9.90 Å². The van der Waals surface area contributed by atoms with E-state index in [2.05, 4.69) is 6.07 Å². The Morgan fingerprint density at radius 1 is 1.18 bits per heavy atom. The van der Waals surface area contributed by atoms with E-state index in [1.165, 1.54) is 0 Å². The number of rotatable bonds is 2. The third-order valence-electron chi connectivity index (χ3n) is 3.53. The predicted octanol–water partition coefficient (Wildman–Crippen LogP) is 2.44. The van der Waals surface area contributed by atoms with Gasteiger partial charge in [-0.3, -0.25) is 4.79 Å². The van der Waals surface area contributed by atoms with Crippen molar-refractivity contribution in [1.29, 1.82) is 0 Å². The Morgan fingerprint density at radius 3 is 2.18 bits per heavy atom. The lowest BCUT2D eigenvalue weighted by molar-refractivity contribution is -0.147.